The molecule has 0 amide bonds. The highest BCUT2D eigenvalue weighted by Crippen LogP contribution is 2.27. The zero-order chi connectivity index (χ0) is 13.2. The predicted octanol–water partition coefficient (Wildman–Crippen LogP) is 1.75. The Hall–Kier alpha value is -1.59. The number of hydrogen-bond donors (Lipinski definition) is 3. The summed E-state index contributed by atoms with van der Waals surface area (Å²) in [7, 11) is 0. The fraction of sp³-hybridized carbons (Fsp3) is 0.500. The molecule has 1 fully saturated rings. The van der Waals surface area contributed by atoms with Crippen molar-refractivity contribution in [2.75, 3.05) is 19.8 Å². The summed E-state index contributed by atoms with van der Waals surface area (Å²) in [5, 5.41) is 13.0. The molecule has 2 heterocycles. The van der Waals surface area contributed by atoms with Crippen LogP contribution in [0.15, 0.2) is 18.2 Å². The Labute approximate surface area is 112 Å². The minimum absolute atomic E-state index is 0.251. The summed E-state index contributed by atoms with van der Waals surface area (Å²) in [6.07, 6.45) is 1.11. The van der Waals surface area contributed by atoms with E-state index in [0.29, 0.717) is 12.6 Å². The fourth-order valence-corrected chi connectivity index (χ4v) is 2.55. The monoisotopic (exact) mass is 261 g/mol. The Bertz CT molecular complexity index is 567. The number of nitrogens with zero attached hydrogens (tertiary/aromatic N) is 1. The Balaban J connectivity index is 1.86. The second-order valence-corrected chi connectivity index (χ2v) is 5.03. The molecule has 3 N–H and O–H groups in total. The number of ether oxygens (including phenoxy) is 1. The maximum absolute atomic E-state index is 9.49. The zero-order valence-electron chi connectivity index (χ0n) is 11.0. The van der Waals surface area contributed by atoms with Gasteiger partial charge in [-0.15, -0.1) is 0 Å². The summed E-state index contributed by atoms with van der Waals surface area (Å²) >= 11 is 0. The van der Waals surface area contributed by atoms with Gasteiger partial charge < -0.3 is 20.1 Å². The molecular weight excluding hydrogens is 242 g/mol. The van der Waals surface area contributed by atoms with Gasteiger partial charge in [0, 0.05) is 12.1 Å². The van der Waals surface area contributed by atoms with Gasteiger partial charge in [-0.3, -0.25) is 0 Å². The molecule has 5 nitrogen and oxygen atoms in total. The molecule has 0 bridgehead atoms. The quantitative estimate of drug-likeness (QED) is 0.784. The lowest BCUT2D eigenvalue weighted by atomic mass is 10.0. The first-order valence-corrected chi connectivity index (χ1v) is 6.77. The van der Waals surface area contributed by atoms with Gasteiger partial charge in [-0.05, 0) is 25.1 Å². The predicted molar refractivity (Wildman–Crippen MR) is 73.4 cm³/mol. The number of aromatic nitrogens is 2. The molecule has 5 heteroatoms. The third kappa shape index (κ3) is 2.43. The van der Waals surface area contributed by atoms with Crippen LogP contribution in [0, 0.1) is 0 Å². The number of H-pyrrole nitrogens is 1. The number of imidazole rings is 1. The second kappa shape index (κ2) is 5.19. The van der Waals surface area contributed by atoms with E-state index in [1.54, 1.807) is 12.1 Å². The summed E-state index contributed by atoms with van der Waals surface area (Å²) < 4.78 is 5.57. The third-order valence-corrected chi connectivity index (χ3v) is 3.57. The van der Waals surface area contributed by atoms with Gasteiger partial charge in [0.05, 0.1) is 30.2 Å². The summed E-state index contributed by atoms with van der Waals surface area (Å²) in [5.74, 6) is 1.44. The van der Waals surface area contributed by atoms with Crippen molar-refractivity contribution >= 4 is 11.0 Å². The number of benzene rings is 1. The van der Waals surface area contributed by atoms with Crippen LogP contribution >= 0.6 is 0 Å². The summed E-state index contributed by atoms with van der Waals surface area (Å²) in [6, 6.07) is 5.50. The molecule has 0 radical (unpaired) electrons. The number of nitrogens with one attached hydrogen (secondary N) is 2. The van der Waals surface area contributed by atoms with Crippen LogP contribution in [0.4, 0.5) is 0 Å². The van der Waals surface area contributed by atoms with E-state index in [0.717, 1.165) is 36.4 Å². The number of rotatable bonds is 4. The molecule has 2 unspecified atom stereocenters. The molecule has 0 saturated carbocycles. The van der Waals surface area contributed by atoms with Gasteiger partial charge in [0.1, 0.15) is 11.6 Å². The van der Waals surface area contributed by atoms with Crippen molar-refractivity contribution in [2.24, 2.45) is 0 Å². The normalized spacial score (nSPS) is 23.2. The van der Waals surface area contributed by atoms with Gasteiger partial charge in [-0.2, -0.15) is 0 Å². The van der Waals surface area contributed by atoms with Crippen LogP contribution in [-0.4, -0.2) is 40.9 Å². The van der Waals surface area contributed by atoms with Crippen molar-refractivity contribution < 1.29 is 9.84 Å². The molecule has 1 aliphatic rings. The maximum Gasteiger partial charge on any atom is 0.117 e. The van der Waals surface area contributed by atoms with Crippen LogP contribution in [0.3, 0.4) is 0 Å². The minimum Gasteiger partial charge on any atom is -0.508 e. The first-order chi connectivity index (χ1) is 9.28. The van der Waals surface area contributed by atoms with Gasteiger partial charge in [-0.25, -0.2) is 4.98 Å². The standard InChI is InChI=1S/C14H19N3O2/c1-2-5-15-13-8-19-7-10(13)14-16-11-4-3-9(18)6-12(11)17-14/h3-4,6,10,13,15,18H,2,5,7-8H2,1H3,(H,16,17). The molecule has 0 aliphatic carbocycles. The lowest BCUT2D eigenvalue weighted by Crippen LogP contribution is -2.35. The highest BCUT2D eigenvalue weighted by Gasteiger charge is 2.31. The number of phenols is 1. The van der Waals surface area contributed by atoms with Crippen molar-refractivity contribution in [1.82, 2.24) is 15.3 Å². The summed E-state index contributed by atoms with van der Waals surface area (Å²) in [5.41, 5.74) is 1.75. The van der Waals surface area contributed by atoms with E-state index < -0.39 is 0 Å². The molecule has 2 atom stereocenters. The van der Waals surface area contributed by atoms with E-state index in [1.165, 1.54) is 0 Å². The van der Waals surface area contributed by atoms with Crippen molar-refractivity contribution in [3.8, 4) is 5.75 Å². The zero-order valence-corrected chi connectivity index (χ0v) is 11.0. The molecule has 3 rings (SSSR count). The smallest absolute Gasteiger partial charge is 0.117 e. The van der Waals surface area contributed by atoms with Gasteiger partial charge >= 0.3 is 0 Å². The number of aromatic hydroxyl groups is 1. The Morgan fingerprint density at radius 2 is 2.37 bits per heavy atom. The highest BCUT2D eigenvalue weighted by atomic mass is 16.5. The Morgan fingerprint density at radius 1 is 1.47 bits per heavy atom. The highest BCUT2D eigenvalue weighted by molar-refractivity contribution is 5.76. The topological polar surface area (TPSA) is 70.2 Å². The number of fused-ring (bicyclic) bond motifs is 1. The van der Waals surface area contributed by atoms with E-state index in [1.807, 2.05) is 6.07 Å². The van der Waals surface area contributed by atoms with Crippen molar-refractivity contribution in [3.05, 3.63) is 24.0 Å². The fourth-order valence-electron chi connectivity index (χ4n) is 2.55. The molecule has 1 aliphatic heterocycles. The Kier molecular flexibility index (Phi) is 3.40. The van der Waals surface area contributed by atoms with E-state index in [-0.39, 0.29) is 11.7 Å². The molecule has 102 valence electrons. The van der Waals surface area contributed by atoms with Gasteiger partial charge in [0.2, 0.25) is 0 Å². The lowest BCUT2D eigenvalue weighted by Gasteiger charge is -2.16. The first-order valence-electron chi connectivity index (χ1n) is 6.77. The number of hydrogen-bond acceptors (Lipinski definition) is 4. The first kappa shape index (κ1) is 12.4. The van der Waals surface area contributed by atoms with Crippen LogP contribution in [0.2, 0.25) is 0 Å². The SMILES string of the molecule is CCCNC1COCC1c1nc2ccc(O)cc2[nH]1. The maximum atomic E-state index is 9.49. The van der Waals surface area contributed by atoms with Crippen LogP contribution in [-0.2, 0) is 4.74 Å². The second-order valence-electron chi connectivity index (χ2n) is 5.03. The average Bonchev–Trinajstić information content (AvgIpc) is 3.01. The van der Waals surface area contributed by atoms with E-state index in [2.05, 4.69) is 22.2 Å². The van der Waals surface area contributed by atoms with E-state index >= 15 is 0 Å². The van der Waals surface area contributed by atoms with Crippen LogP contribution in [0.1, 0.15) is 25.1 Å². The van der Waals surface area contributed by atoms with Crippen molar-refractivity contribution in [3.63, 3.8) is 0 Å². The van der Waals surface area contributed by atoms with E-state index in [9.17, 15) is 5.11 Å². The molecule has 2 aromatic rings. The summed E-state index contributed by atoms with van der Waals surface area (Å²) in [6.45, 7) is 4.56. The minimum atomic E-state index is 0.251. The average molecular weight is 261 g/mol. The number of aromatic amines is 1. The lowest BCUT2D eigenvalue weighted by molar-refractivity contribution is 0.187. The van der Waals surface area contributed by atoms with Crippen molar-refractivity contribution in [2.45, 2.75) is 25.3 Å². The largest absolute Gasteiger partial charge is 0.508 e. The van der Waals surface area contributed by atoms with Crippen LogP contribution < -0.4 is 5.32 Å². The molecule has 19 heavy (non-hydrogen) atoms. The third-order valence-electron chi connectivity index (χ3n) is 3.57. The van der Waals surface area contributed by atoms with Crippen LogP contribution in [0.25, 0.3) is 11.0 Å². The Morgan fingerprint density at radius 3 is 3.21 bits per heavy atom. The molecular formula is C14H19N3O2. The molecule has 1 aromatic carbocycles. The van der Waals surface area contributed by atoms with Crippen LogP contribution in [0.5, 0.6) is 5.75 Å². The molecule has 0 spiro atoms. The van der Waals surface area contributed by atoms with Gasteiger partial charge in [0.25, 0.3) is 0 Å². The molecule has 1 saturated heterocycles. The van der Waals surface area contributed by atoms with Gasteiger partial charge in [-0.1, -0.05) is 6.92 Å². The molecule has 1 aromatic heterocycles. The van der Waals surface area contributed by atoms with E-state index in [4.69, 9.17) is 4.74 Å². The summed E-state index contributed by atoms with van der Waals surface area (Å²) in [4.78, 5) is 7.90. The van der Waals surface area contributed by atoms with Gasteiger partial charge in [0.15, 0.2) is 0 Å². The van der Waals surface area contributed by atoms with Crippen molar-refractivity contribution in [1.29, 1.82) is 0 Å². The number of phenolic OH excluding ortho intramolecular Hbond substituents is 1.